The average molecular weight is 254 g/mol. The Labute approximate surface area is 110 Å². The lowest BCUT2D eigenvalue weighted by molar-refractivity contribution is -0.238. The Morgan fingerprint density at radius 2 is 1.72 bits per heavy atom. The van der Waals surface area contributed by atoms with Gasteiger partial charge in [-0.05, 0) is 45.4 Å². The molecule has 2 aliphatic heterocycles. The fourth-order valence-electron chi connectivity index (χ4n) is 5.26. The molecule has 2 aliphatic carbocycles. The van der Waals surface area contributed by atoms with Crippen LogP contribution in [0, 0.1) is 23.7 Å². The minimum Gasteiger partial charge on any atom is -0.393 e. The number of fused-ring (bicyclic) bond motifs is 2. The molecule has 3 nitrogen and oxygen atoms in total. The molecule has 18 heavy (non-hydrogen) atoms. The van der Waals surface area contributed by atoms with Crippen molar-refractivity contribution < 1.29 is 14.9 Å². The van der Waals surface area contributed by atoms with Crippen LogP contribution in [0.5, 0.6) is 0 Å². The first kappa shape index (κ1) is 12.9. The molecular formula is C15H26O3. The third-order valence-corrected chi connectivity index (χ3v) is 5.92. The monoisotopic (exact) mass is 254 g/mol. The van der Waals surface area contributed by atoms with Gasteiger partial charge in [-0.3, -0.25) is 0 Å². The summed E-state index contributed by atoms with van der Waals surface area (Å²) in [6.07, 6.45) is 1.99. The van der Waals surface area contributed by atoms with E-state index in [1.165, 1.54) is 0 Å². The maximum Gasteiger partial charge on any atom is 0.0742 e. The maximum absolute atomic E-state index is 10.4. The van der Waals surface area contributed by atoms with E-state index in [1.54, 1.807) is 0 Å². The number of aliphatic hydroxyl groups is 2. The van der Waals surface area contributed by atoms with Crippen molar-refractivity contribution >= 4 is 0 Å². The van der Waals surface area contributed by atoms with Crippen molar-refractivity contribution in [3.05, 3.63) is 0 Å². The Bertz CT molecular complexity index is 354. The van der Waals surface area contributed by atoms with E-state index in [4.69, 9.17) is 4.74 Å². The molecule has 0 aromatic rings. The lowest BCUT2D eigenvalue weighted by Crippen LogP contribution is -2.56. The zero-order valence-electron chi connectivity index (χ0n) is 11.9. The van der Waals surface area contributed by atoms with Gasteiger partial charge in [-0.1, -0.05) is 6.92 Å². The van der Waals surface area contributed by atoms with Crippen molar-refractivity contribution in [2.45, 2.75) is 70.4 Å². The van der Waals surface area contributed by atoms with E-state index in [1.807, 2.05) is 0 Å². The summed E-state index contributed by atoms with van der Waals surface area (Å²) in [6, 6.07) is 0. The molecule has 0 amide bonds. The summed E-state index contributed by atoms with van der Waals surface area (Å²) in [4.78, 5) is 0. The molecule has 0 aromatic carbocycles. The van der Waals surface area contributed by atoms with Gasteiger partial charge in [-0.25, -0.2) is 0 Å². The van der Waals surface area contributed by atoms with Crippen LogP contribution in [0.3, 0.4) is 0 Å². The predicted octanol–water partition coefficient (Wildman–Crippen LogP) is 1.96. The second-order valence-corrected chi connectivity index (χ2v) is 7.60. The van der Waals surface area contributed by atoms with Gasteiger partial charge in [0.1, 0.15) is 0 Å². The van der Waals surface area contributed by atoms with Gasteiger partial charge < -0.3 is 14.9 Å². The van der Waals surface area contributed by atoms with Crippen molar-refractivity contribution in [1.82, 2.24) is 0 Å². The Morgan fingerprint density at radius 3 is 2.33 bits per heavy atom. The standard InChI is InChI=1S/C15H26O3/c1-8-5-11(16)13-9(8)6-10-12(17)7-15(13,4)18-14(10,2)3/h8-13,16-17H,5-7H2,1-4H3/t8?,9-,10+,11-,12?,13?,15+/m1/s1. The molecule has 104 valence electrons. The fraction of sp³-hybridized carbons (Fsp3) is 1.00. The zero-order valence-corrected chi connectivity index (χ0v) is 11.9. The van der Waals surface area contributed by atoms with Gasteiger partial charge in [-0.15, -0.1) is 0 Å². The van der Waals surface area contributed by atoms with E-state index in [2.05, 4.69) is 27.7 Å². The van der Waals surface area contributed by atoms with Gasteiger partial charge in [-0.2, -0.15) is 0 Å². The minimum atomic E-state index is -0.370. The summed E-state index contributed by atoms with van der Waals surface area (Å²) in [5, 5.41) is 20.8. The summed E-state index contributed by atoms with van der Waals surface area (Å²) in [5.74, 6) is 1.42. The SMILES string of the molecule is CC1C[C@@H](O)C2[C@@H]1C[C@H]1C(O)C[C@]2(C)OC1(C)C. The van der Waals surface area contributed by atoms with Gasteiger partial charge in [0.2, 0.25) is 0 Å². The Hall–Kier alpha value is -0.120. The zero-order chi connectivity index (χ0) is 13.3. The van der Waals surface area contributed by atoms with Gasteiger partial charge >= 0.3 is 0 Å². The fourth-order valence-corrected chi connectivity index (χ4v) is 5.26. The molecule has 2 saturated carbocycles. The van der Waals surface area contributed by atoms with E-state index in [9.17, 15) is 10.2 Å². The van der Waals surface area contributed by atoms with Crippen LogP contribution in [-0.4, -0.2) is 33.6 Å². The number of ether oxygens (including phenoxy) is 1. The number of hydrogen-bond acceptors (Lipinski definition) is 3. The van der Waals surface area contributed by atoms with Crippen LogP contribution in [0.15, 0.2) is 0 Å². The van der Waals surface area contributed by atoms with E-state index in [0.29, 0.717) is 18.3 Å². The van der Waals surface area contributed by atoms with E-state index in [-0.39, 0.29) is 35.2 Å². The van der Waals surface area contributed by atoms with Gasteiger partial charge in [0.25, 0.3) is 0 Å². The predicted molar refractivity (Wildman–Crippen MR) is 69.1 cm³/mol. The van der Waals surface area contributed by atoms with Crippen LogP contribution in [0.4, 0.5) is 0 Å². The van der Waals surface area contributed by atoms with Crippen LogP contribution in [-0.2, 0) is 4.74 Å². The van der Waals surface area contributed by atoms with E-state index in [0.717, 1.165) is 12.8 Å². The summed E-state index contributed by atoms with van der Waals surface area (Å²) in [5.41, 5.74) is -0.652. The molecule has 0 spiro atoms. The molecule has 2 heterocycles. The Morgan fingerprint density at radius 1 is 1.06 bits per heavy atom. The second kappa shape index (κ2) is 3.71. The van der Waals surface area contributed by atoms with Gasteiger partial charge in [0.05, 0.1) is 23.4 Å². The van der Waals surface area contributed by atoms with Crippen molar-refractivity contribution in [2.75, 3.05) is 0 Å². The Balaban J connectivity index is 2.05. The van der Waals surface area contributed by atoms with Crippen molar-refractivity contribution in [1.29, 1.82) is 0 Å². The normalized spacial score (nSPS) is 58.3. The summed E-state index contributed by atoms with van der Waals surface area (Å²) >= 11 is 0. The first-order valence-electron chi connectivity index (χ1n) is 7.31. The average Bonchev–Trinajstić information content (AvgIpc) is 2.35. The third kappa shape index (κ3) is 1.60. The number of aliphatic hydroxyl groups excluding tert-OH is 2. The topological polar surface area (TPSA) is 49.7 Å². The molecule has 0 aromatic heterocycles. The molecule has 7 atom stereocenters. The second-order valence-electron chi connectivity index (χ2n) is 7.60. The van der Waals surface area contributed by atoms with Crippen molar-refractivity contribution in [3.8, 4) is 0 Å². The van der Waals surface area contributed by atoms with E-state index >= 15 is 0 Å². The maximum atomic E-state index is 10.4. The highest BCUT2D eigenvalue weighted by molar-refractivity contribution is 5.10. The first-order chi connectivity index (χ1) is 8.24. The molecule has 2 bridgehead atoms. The Kier molecular flexibility index (Phi) is 2.66. The molecule has 3 heteroatoms. The quantitative estimate of drug-likeness (QED) is 0.695. The summed E-state index contributed by atoms with van der Waals surface area (Å²) in [6.45, 7) is 8.52. The molecule has 4 aliphatic rings. The molecule has 2 saturated heterocycles. The highest BCUT2D eigenvalue weighted by atomic mass is 16.5. The van der Waals surface area contributed by atoms with Crippen LogP contribution < -0.4 is 0 Å². The van der Waals surface area contributed by atoms with Crippen molar-refractivity contribution in [2.24, 2.45) is 23.7 Å². The number of rotatable bonds is 0. The number of hydrogen-bond donors (Lipinski definition) is 2. The molecule has 4 rings (SSSR count). The summed E-state index contributed by atoms with van der Waals surface area (Å²) < 4.78 is 6.37. The van der Waals surface area contributed by atoms with Crippen LogP contribution in [0.1, 0.15) is 47.0 Å². The lowest BCUT2D eigenvalue weighted by atomic mass is 9.76. The van der Waals surface area contributed by atoms with Crippen LogP contribution >= 0.6 is 0 Å². The van der Waals surface area contributed by atoms with E-state index < -0.39 is 0 Å². The highest BCUT2D eigenvalue weighted by Gasteiger charge is 2.61. The largest absolute Gasteiger partial charge is 0.393 e. The van der Waals surface area contributed by atoms with Crippen LogP contribution in [0.25, 0.3) is 0 Å². The molecular weight excluding hydrogens is 228 g/mol. The smallest absolute Gasteiger partial charge is 0.0742 e. The van der Waals surface area contributed by atoms with Crippen LogP contribution in [0.2, 0.25) is 0 Å². The minimum absolute atomic E-state index is 0.189. The molecule has 0 radical (unpaired) electrons. The highest BCUT2D eigenvalue weighted by Crippen LogP contribution is 2.58. The van der Waals surface area contributed by atoms with Crippen molar-refractivity contribution in [3.63, 3.8) is 0 Å². The van der Waals surface area contributed by atoms with Gasteiger partial charge in [0, 0.05) is 18.3 Å². The molecule has 4 fully saturated rings. The van der Waals surface area contributed by atoms with Gasteiger partial charge in [0.15, 0.2) is 0 Å². The molecule has 3 unspecified atom stereocenters. The third-order valence-electron chi connectivity index (χ3n) is 5.92. The molecule has 2 N–H and O–H groups in total. The summed E-state index contributed by atoms with van der Waals surface area (Å²) in [7, 11) is 0. The lowest BCUT2D eigenvalue weighted by Gasteiger charge is -2.50. The first-order valence-corrected chi connectivity index (χ1v) is 7.31.